The van der Waals surface area contributed by atoms with Crippen molar-refractivity contribution in [1.29, 1.82) is 0 Å². The molecule has 2 aliphatic heterocycles. The van der Waals surface area contributed by atoms with E-state index in [1.807, 2.05) is 29.2 Å². The van der Waals surface area contributed by atoms with Gasteiger partial charge in [0.15, 0.2) is 0 Å². The number of carbonyl (C=O) groups is 2. The predicted octanol–water partition coefficient (Wildman–Crippen LogP) is 2.92. The molecule has 31 heavy (non-hydrogen) atoms. The Hall–Kier alpha value is -2.70. The molecule has 6 nitrogen and oxygen atoms in total. The van der Waals surface area contributed by atoms with Gasteiger partial charge in [-0.05, 0) is 36.6 Å². The van der Waals surface area contributed by atoms with Crippen molar-refractivity contribution in [1.82, 2.24) is 15.1 Å². The van der Waals surface area contributed by atoms with E-state index in [2.05, 4.69) is 41.4 Å². The van der Waals surface area contributed by atoms with Gasteiger partial charge >= 0.3 is 0 Å². The fourth-order valence-electron chi connectivity index (χ4n) is 4.22. The molecule has 2 aliphatic rings. The zero-order chi connectivity index (χ0) is 21.6. The minimum atomic E-state index is -0.102. The van der Waals surface area contributed by atoms with E-state index in [4.69, 9.17) is 4.74 Å². The number of aryl methyl sites for hydroxylation is 1. The normalized spacial score (nSPS) is 18.2. The zero-order valence-electron chi connectivity index (χ0n) is 18.2. The monoisotopic (exact) mass is 421 g/mol. The summed E-state index contributed by atoms with van der Waals surface area (Å²) in [7, 11) is 0. The molecule has 0 spiro atoms. The molecular formula is C25H31N3O3. The minimum absolute atomic E-state index is 0.0894. The highest BCUT2D eigenvalue weighted by Gasteiger charge is 2.22. The van der Waals surface area contributed by atoms with Gasteiger partial charge in [-0.15, -0.1) is 0 Å². The first kappa shape index (κ1) is 21.5. The molecular weight excluding hydrogens is 390 g/mol. The van der Waals surface area contributed by atoms with Gasteiger partial charge < -0.3 is 15.0 Å². The van der Waals surface area contributed by atoms with E-state index in [0.29, 0.717) is 18.5 Å². The molecule has 0 aliphatic carbocycles. The van der Waals surface area contributed by atoms with Crippen LogP contribution in [-0.2, 0) is 16.1 Å². The van der Waals surface area contributed by atoms with Crippen molar-refractivity contribution in [3.8, 4) is 0 Å². The molecule has 2 saturated heterocycles. The van der Waals surface area contributed by atoms with E-state index in [-0.39, 0.29) is 17.9 Å². The van der Waals surface area contributed by atoms with Gasteiger partial charge in [-0.3, -0.25) is 14.5 Å². The minimum Gasteiger partial charge on any atom is -0.379 e. The average molecular weight is 422 g/mol. The van der Waals surface area contributed by atoms with E-state index >= 15 is 0 Å². The Kier molecular flexibility index (Phi) is 6.99. The lowest BCUT2D eigenvalue weighted by Crippen LogP contribution is -2.43. The third-order valence-corrected chi connectivity index (χ3v) is 6.06. The Balaban J connectivity index is 1.47. The van der Waals surface area contributed by atoms with Gasteiger partial charge in [0.2, 0.25) is 5.91 Å². The van der Waals surface area contributed by atoms with Crippen molar-refractivity contribution in [3.63, 3.8) is 0 Å². The van der Waals surface area contributed by atoms with Crippen LogP contribution in [0.2, 0.25) is 0 Å². The van der Waals surface area contributed by atoms with Crippen LogP contribution in [0, 0.1) is 6.92 Å². The van der Waals surface area contributed by atoms with Crippen LogP contribution in [0.25, 0.3) is 0 Å². The van der Waals surface area contributed by atoms with Crippen LogP contribution in [0.4, 0.5) is 0 Å². The number of likely N-dealkylation sites (tertiary alicyclic amines) is 1. The maximum Gasteiger partial charge on any atom is 0.251 e. The molecule has 6 heteroatoms. The van der Waals surface area contributed by atoms with E-state index in [1.54, 1.807) is 0 Å². The van der Waals surface area contributed by atoms with Gasteiger partial charge in [-0.1, -0.05) is 42.0 Å². The highest BCUT2D eigenvalue weighted by Crippen LogP contribution is 2.19. The molecule has 1 unspecified atom stereocenters. The second kappa shape index (κ2) is 10.1. The summed E-state index contributed by atoms with van der Waals surface area (Å²) in [5.41, 5.74) is 3.92. The average Bonchev–Trinajstić information content (AvgIpc) is 3.19. The van der Waals surface area contributed by atoms with E-state index in [1.165, 1.54) is 5.56 Å². The Labute approximate surface area is 184 Å². The van der Waals surface area contributed by atoms with Crippen molar-refractivity contribution in [2.45, 2.75) is 32.4 Å². The summed E-state index contributed by atoms with van der Waals surface area (Å²) >= 11 is 0. The van der Waals surface area contributed by atoms with Crippen molar-refractivity contribution in [3.05, 3.63) is 70.8 Å². The molecule has 2 aromatic carbocycles. The molecule has 2 fully saturated rings. The maximum absolute atomic E-state index is 13.2. The summed E-state index contributed by atoms with van der Waals surface area (Å²) < 4.78 is 5.47. The van der Waals surface area contributed by atoms with Crippen LogP contribution < -0.4 is 5.32 Å². The number of benzene rings is 2. The first-order chi connectivity index (χ1) is 15.1. The standard InChI is InChI=1S/C25H31N3O3/c1-19-7-9-21(10-8-19)23(18-27-12-14-31-15-13-27)26-25(30)22-5-2-4-20(16-22)17-28-11-3-6-24(28)29/h2,4-5,7-10,16,23H,3,6,11-15,17-18H2,1H3,(H,26,30). The fraction of sp³-hybridized carbons (Fsp3) is 0.440. The first-order valence-electron chi connectivity index (χ1n) is 11.1. The Morgan fingerprint density at radius 3 is 2.58 bits per heavy atom. The molecule has 0 saturated carbocycles. The largest absolute Gasteiger partial charge is 0.379 e. The molecule has 0 bridgehead atoms. The number of nitrogens with zero attached hydrogens (tertiary/aromatic N) is 2. The van der Waals surface area contributed by atoms with Crippen LogP contribution in [0.5, 0.6) is 0 Å². The number of hydrogen-bond acceptors (Lipinski definition) is 4. The van der Waals surface area contributed by atoms with Gasteiger partial charge in [-0.25, -0.2) is 0 Å². The summed E-state index contributed by atoms with van der Waals surface area (Å²) in [6.07, 6.45) is 1.54. The molecule has 0 aromatic heterocycles. The summed E-state index contributed by atoms with van der Waals surface area (Å²) in [5.74, 6) is 0.105. The smallest absolute Gasteiger partial charge is 0.251 e. The van der Waals surface area contributed by atoms with Crippen LogP contribution in [0.1, 0.15) is 45.9 Å². The highest BCUT2D eigenvalue weighted by molar-refractivity contribution is 5.94. The number of nitrogens with one attached hydrogen (secondary N) is 1. The van der Waals surface area contributed by atoms with Crippen molar-refractivity contribution in [2.24, 2.45) is 0 Å². The quantitative estimate of drug-likeness (QED) is 0.747. The van der Waals surface area contributed by atoms with Crippen molar-refractivity contribution >= 4 is 11.8 Å². The van der Waals surface area contributed by atoms with Crippen LogP contribution in [0.3, 0.4) is 0 Å². The van der Waals surface area contributed by atoms with Crippen LogP contribution in [0.15, 0.2) is 48.5 Å². The van der Waals surface area contributed by atoms with Gasteiger partial charge in [0, 0.05) is 44.7 Å². The SMILES string of the molecule is Cc1ccc(C(CN2CCOCC2)NC(=O)c2cccc(CN3CCCC3=O)c2)cc1. The third-order valence-electron chi connectivity index (χ3n) is 6.06. The van der Waals surface area contributed by atoms with E-state index in [9.17, 15) is 9.59 Å². The highest BCUT2D eigenvalue weighted by atomic mass is 16.5. The Morgan fingerprint density at radius 2 is 1.87 bits per heavy atom. The molecule has 164 valence electrons. The Morgan fingerprint density at radius 1 is 1.10 bits per heavy atom. The van der Waals surface area contributed by atoms with Gasteiger partial charge in [-0.2, -0.15) is 0 Å². The summed E-state index contributed by atoms with van der Waals surface area (Å²) in [6.45, 7) is 7.38. The summed E-state index contributed by atoms with van der Waals surface area (Å²) in [4.78, 5) is 29.3. The second-order valence-electron chi connectivity index (χ2n) is 8.47. The number of carbonyl (C=O) groups excluding carboxylic acids is 2. The molecule has 2 heterocycles. The summed E-state index contributed by atoms with van der Waals surface area (Å²) in [6, 6.07) is 15.9. The zero-order valence-corrected chi connectivity index (χ0v) is 18.2. The molecule has 2 amide bonds. The topological polar surface area (TPSA) is 61.9 Å². The third kappa shape index (κ3) is 5.71. The van der Waals surface area contributed by atoms with Crippen molar-refractivity contribution in [2.75, 3.05) is 39.4 Å². The van der Waals surface area contributed by atoms with Crippen LogP contribution >= 0.6 is 0 Å². The number of rotatable bonds is 7. The molecule has 0 radical (unpaired) electrons. The molecule has 4 rings (SSSR count). The lowest BCUT2D eigenvalue weighted by Gasteiger charge is -2.31. The van der Waals surface area contributed by atoms with Crippen molar-refractivity contribution < 1.29 is 14.3 Å². The van der Waals surface area contributed by atoms with E-state index < -0.39 is 0 Å². The number of amides is 2. The number of morpholine rings is 1. The lowest BCUT2D eigenvalue weighted by atomic mass is 10.0. The van der Waals surface area contributed by atoms with E-state index in [0.717, 1.165) is 56.9 Å². The number of ether oxygens (including phenoxy) is 1. The Bertz CT molecular complexity index is 906. The number of hydrogen-bond donors (Lipinski definition) is 1. The molecule has 2 aromatic rings. The first-order valence-corrected chi connectivity index (χ1v) is 11.1. The molecule has 1 atom stereocenters. The second-order valence-corrected chi connectivity index (χ2v) is 8.47. The fourth-order valence-corrected chi connectivity index (χ4v) is 4.22. The van der Waals surface area contributed by atoms with Gasteiger partial charge in [0.05, 0.1) is 19.3 Å². The van der Waals surface area contributed by atoms with Gasteiger partial charge in [0.1, 0.15) is 0 Å². The predicted molar refractivity (Wildman–Crippen MR) is 120 cm³/mol. The maximum atomic E-state index is 13.2. The van der Waals surface area contributed by atoms with Gasteiger partial charge in [0.25, 0.3) is 5.91 Å². The molecule has 1 N–H and O–H groups in total. The lowest BCUT2D eigenvalue weighted by molar-refractivity contribution is -0.128. The summed E-state index contributed by atoms with van der Waals surface area (Å²) in [5, 5.41) is 3.24. The van der Waals surface area contributed by atoms with Crippen LogP contribution in [-0.4, -0.2) is 61.0 Å².